The second-order valence-electron chi connectivity index (χ2n) is 11.6. The van der Waals surface area contributed by atoms with Crippen LogP contribution in [0.15, 0.2) is 66.9 Å². The van der Waals surface area contributed by atoms with Crippen LogP contribution in [0, 0.1) is 12.3 Å². The normalized spacial score (nSPS) is 17.2. The lowest BCUT2D eigenvalue weighted by molar-refractivity contribution is -0.000509. The summed E-state index contributed by atoms with van der Waals surface area (Å²) in [4.78, 5) is 37.0. The highest BCUT2D eigenvalue weighted by atomic mass is 32.1. The van der Waals surface area contributed by atoms with E-state index in [0.717, 1.165) is 78.1 Å². The van der Waals surface area contributed by atoms with Crippen molar-refractivity contribution in [2.24, 2.45) is 5.41 Å². The van der Waals surface area contributed by atoms with Gasteiger partial charge in [-0.2, -0.15) is 0 Å². The zero-order chi connectivity index (χ0) is 28.8. The molecular formula is C33H33N5O3S. The molecule has 3 aliphatic heterocycles. The van der Waals surface area contributed by atoms with Gasteiger partial charge in [-0.3, -0.25) is 9.59 Å². The van der Waals surface area contributed by atoms with Gasteiger partial charge in [-0.05, 0) is 79.8 Å². The summed E-state index contributed by atoms with van der Waals surface area (Å²) in [5.74, 6) is 0.436. The molecule has 8 nitrogen and oxygen atoms in total. The van der Waals surface area contributed by atoms with Crippen molar-refractivity contribution in [1.29, 1.82) is 0 Å². The molecule has 0 saturated carbocycles. The van der Waals surface area contributed by atoms with Crippen molar-refractivity contribution in [3.63, 3.8) is 0 Å². The molecule has 2 fully saturated rings. The lowest BCUT2D eigenvalue weighted by atomic mass is 9.73. The Morgan fingerprint density at radius 3 is 2.60 bits per heavy atom. The van der Waals surface area contributed by atoms with Crippen molar-refractivity contribution in [1.82, 2.24) is 4.98 Å². The van der Waals surface area contributed by atoms with Gasteiger partial charge in [0.1, 0.15) is 5.82 Å². The molecule has 2 amide bonds. The molecule has 3 aliphatic rings. The Balaban J connectivity index is 1.08. The molecule has 5 heterocycles. The van der Waals surface area contributed by atoms with Crippen LogP contribution in [0.4, 0.5) is 22.2 Å². The molecule has 0 radical (unpaired) electrons. The van der Waals surface area contributed by atoms with Gasteiger partial charge in [0.05, 0.1) is 16.3 Å². The van der Waals surface area contributed by atoms with Crippen LogP contribution in [-0.4, -0.2) is 49.6 Å². The molecule has 0 bridgehead atoms. The van der Waals surface area contributed by atoms with Gasteiger partial charge in [0.2, 0.25) is 0 Å². The number of anilines is 4. The van der Waals surface area contributed by atoms with Crippen molar-refractivity contribution in [3.05, 3.63) is 89.1 Å². The number of carbonyl (C=O) groups is 2. The third-order valence-corrected chi connectivity index (χ3v) is 9.70. The highest BCUT2D eigenvalue weighted by molar-refractivity contribution is 7.19. The van der Waals surface area contributed by atoms with Gasteiger partial charge in [0, 0.05) is 66.2 Å². The van der Waals surface area contributed by atoms with Crippen molar-refractivity contribution in [2.75, 3.05) is 53.7 Å². The first kappa shape index (κ1) is 26.7. The van der Waals surface area contributed by atoms with Crippen LogP contribution in [0.3, 0.4) is 0 Å². The zero-order valence-corrected chi connectivity index (χ0v) is 24.4. The summed E-state index contributed by atoms with van der Waals surface area (Å²) in [5.41, 5.74) is 12.1. The number of pyridine rings is 1. The minimum Gasteiger partial charge on any atom is -0.391 e. The Kier molecular flexibility index (Phi) is 6.71. The number of ether oxygens (including phenoxy) is 1. The number of carbonyl (C=O) groups excluding carboxylic acids is 2. The van der Waals surface area contributed by atoms with Gasteiger partial charge in [-0.15, -0.1) is 11.3 Å². The molecule has 0 unspecified atom stereocenters. The van der Waals surface area contributed by atoms with Crippen molar-refractivity contribution in [2.45, 2.75) is 26.2 Å². The molecule has 214 valence electrons. The maximum Gasteiger partial charge on any atom is 0.259 e. The van der Waals surface area contributed by atoms with Crippen LogP contribution >= 0.6 is 11.3 Å². The summed E-state index contributed by atoms with van der Waals surface area (Å²) in [6, 6.07) is 19.0. The Labute approximate surface area is 249 Å². The number of para-hydroxylation sites is 1. The van der Waals surface area contributed by atoms with E-state index in [0.29, 0.717) is 23.4 Å². The molecule has 2 aromatic heterocycles. The summed E-state index contributed by atoms with van der Waals surface area (Å²) >= 11 is 1.56. The molecule has 1 spiro atoms. The quantitative estimate of drug-likeness (QED) is 0.318. The zero-order valence-electron chi connectivity index (χ0n) is 23.6. The van der Waals surface area contributed by atoms with Crippen molar-refractivity contribution >= 4 is 45.3 Å². The molecule has 2 aromatic carbocycles. The predicted octanol–water partition coefficient (Wildman–Crippen LogP) is 5.77. The summed E-state index contributed by atoms with van der Waals surface area (Å²) in [6.45, 7) is 5.89. The SMILES string of the molecule is Cc1cnc(N2CC3(CCOCC3)C2)c(C(=O)Nc2ccc(C(=O)N3CCc4cc(N)sc4-c4ccccc43)cc2)c1. The monoisotopic (exact) mass is 579 g/mol. The number of nitrogen functional groups attached to an aromatic ring is 1. The molecular weight excluding hydrogens is 546 g/mol. The molecule has 2 saturated heterocycles. The Morgan fingerprint density at radius 2 is 1.81 bits per heavy atom. The molecule has 0 aliphatic carbocycles. The number of hydrogen-bond acceptors (Lipinski definition) is 7. The van der Waals surface area contributed by atoms with Crippen LogP contribution in [0.2, 0.25) is 0 Å². The first-order valence-electron chi connectivity index (χ1n) is 14.4. The summed E-state index contributed by atoms with van der Waals surface area (Å²) in [5, 5.41) is 3.81. The highest BCUT2D eigenvalue weighted by Gasteiger charge is 2.45. The van der Waals surface area contributed by atoms with Crippen LogP contribution in [0.1, 0.15) is 44.7 Å². The molecule has 9 heteroatoms. The van der Waals surface area contributed by atoms with Crippen LogP contribution < -0.4 is 20.9 Å². The predicted molar refractivity (Wildman–Crippen MR) is 168 cm³/mol. The van der Waals surface area contributed by atoms with Gasteiger partial charge >= 0.3 is 0 Å². The van der Waals surface area contributed by atoms with E-state index in [-0.39, 0.29) is 17.2 Å². The van der Waals surface area contributed by atoms with E-state index in [1.165, 1.54) is 5.56 Å². The van der Waals surface area contributed by atoms with E-state index >= 15 is 0 Å². The number of fused-ring (bicyclic) bond motifs is 3. The Hall–Kier alpha value is -4.21. The Morgan fingerprint density at radius 1 is 1.05 bits per heavy atom. The minimum absolute atomic E-state index is 0.0755. The number of aryl methyl sites for hydroxylation is 1. The number of nitrogens with two attached hydrogens (primary N) is 1. The molecule has 7 rings (SSSR count). The maximum absolute atomic E-state index is 13.7. The van der Waals surface area contributed by atoms with Gasteiger partial charge in [0.25, 0.3) is 11.8 Å². The third-order valence-electron chi connectivity index (χ3n) is 8.66. The second-order valence-corrected chi connectivity index (χ2v) is 12.7. The van der Waals surface area contributed by atoms with E-state index in [1.54, 1.807) is 35.6 Å². The minimum atomic E-state index is -0.208. The smallest absolute Gasteiger partial charge is 0.259 e. The number of aromatic nitrogens is 1. The fourth-order valence-corrected chi connectivity index (χ4v) is 7.41. The summed E-state index contributed by atoms with van der Waals surface area (Å²) in [6.07, 6.45) is 4.65. The first-order valence-corrected chi connectivity index (χ1v) is 15.2. The van der Waals surface area contributed by atoms with Gasteiger partial charge in [-0.1, -0.05) is 18.2 Å². The molecule has 0 atom stereocenters. The summed E-state index contributed by atoms with van der Waals surface area (Å²) < 4.78 is 5.55. The van der Waals surface area contributed by atoms with Crippen LogP contribution in [0.5, 0.6) is 0 Å². The van der Waals surface area contributed by atoms with Gasteiger partial charge < -0.3 is 25.6 Å². The molecule has 3 N–H and O–H groups in total. The topological polar surface area (TPSA) is 101 Å². The average Bonchev–Trinajstić information content (AvgIpc) is 3.29. The van der Waals surface area contributed by atoms with E-state index in [1.807, 2.05) is 54.4 Å². The fourth-order valence-electron chi connectivity index (χ4n) is 6.39. The first-order chi connectivity index (χ1) is 20.4. The lowest BCUT2D eigenvalue weighted by Gasteiger charge is -2.53. The number of nitrogens with one attached hydrogen (secondary N) is 1. The van der Waals surface area contributed by atoms with Crippen molar-refractivity contribution in [3.8, 4) is 10.4 Å². The van der Waals surface area contributed by atoms with E-state index < -0.39 is 0 Å². The standard InChI is InChI=1S/C33H33N5O3S/c1-21-16-26(30(35-18-21)37-19-33(20-37)11-14-41-15-12-33)31(39)36-24-8-6-22(7-9-24)32(40)38-13-10-23-17-28(34)42-29(23)25-4-2-3-5-27(25)38/h2-9,16-18H,10-15,19-20,34H2,1H3,(H,36,39). The highest BCUT2D eigenvalue weighted by Crippen LogP contribution is 2.43. The number of rotatable bonds is 4. The maximum atomic E-state index is 13.7. The third kappa shape index (κ3) is 4.82. The number of hydrogen-bond donors (Lipinski definition) is 2. The van der Waals surface area contributed by atoms with Gasteiger partial charge in [-0.25, -0.2) is 4.98 Å². The largest absolute Gasteiger partial charge is 0.391 e. The molecule has 4 aromatic rings. The van der Waals surface area contributed by atoms with Crippen molar-refractivity contribution < 1.29 is 14.3 Å². The lowest BCUT2D eigenvalue weighted by Crippen LogP contribution is -2.59. The fraction of sp³-hybridized carbons (Fsp3) is 0.303. The van der Waals surface area contributed by atoms with E-state index in [2.05, 4.69) is 15.2 Å². The second kappa shape index (κ2) is 10.6. The number of thiophene rings is 1. The Bertz CT molecular complexity index is 1670. The average molecular weight is 580 g/mol. The van der Waals surface area contributed by atoms with E-state index in [4.69, 9.17) is 10.5 Å². The van der Waals surface area contributed by atoms with Crippen LogP contribution in [-0.2, 0) is 11.2 Å². The number of nitrogens with zero attached hydrogens (tertiary/aromatic N) is 3. The van der Waals surface area contributed by atoms with Crippen LogP contribution in [0.25, 0.3) is 10.4 Å². The molecule has 42 heavy (non-hydrogen) atoms. The van der Waals surface area contributed by atoms with Gasteiger partial charge in [0.15, 0.2) is 0 Å². The van der Waals surface area contributed by atoms with E-state index in [9.17, 15) is 9.59 Å². The number of amides is 2. The summed E-state index contributed by atoms with van der Waals surface area (Å²) in [7, 11) is 0. The number of benzene rings is 2.